The van der Waals surface area contributed by atoms with Crippen molar-refractivity contribution in [1.29, 1.82) is 0 Å². The summed E-state index contributed by atoms with van der Waals surface area (Å²) in [6.45, 7) is 5.81. The van der Waals surface area contributed by atoms with Gasteiger partial charge in [-0.3, -0.25) is 14.3 Å². The highest BCUT2D eigenvalue weighted by atomic mass is 16.6. The summed E-state index contributed by atoms with van der Waals surface area (Å²) in [6, 6.07) is 25.5. The van der Waals surface area contributed by atoms with E-state index in [9.17, 15) is 14.7 Å². The zero-order valence-corrected chi connectivity index (χ0v) is 26.2. The van der Waals surface area contributed by atoms with Crippen LogP contribution in [0.3, 0.4) is 0 Å². The van der Waals surface area contributed by atoms with Crippen LogP contribution in [0.25, 0.3) is 0 Å². The highest BCUT2D eigenvalue weighted by molar-refractivity contribution is 5.49. The molecular weight excluding hydrogens is 572 g/mol. The number of hydrogen-bond acceptors (Lipinski definition) is 7. The van der Waals surface area contributed by atoms with Crippen molar-refractivity contribution in [2.75, 3.05) is 20.8 Å². The monoisotopic (exact) mass is 612 g/mol. The zero-order chi connectivity index (χ0) is 31.9. The van der Waals surface area contributed by atoms with Crippen LogP contribution in [0, 0.1) is 24.7 Å². The molecule has 0 amide bonds. The van der Waals surface area contributed by atoms with Crippen LogP contribution in [0.4, 0.5) is 0 Å². The first-order valence-corrected chi connectivity index (χ1v) is 15.3. The average Bonchev–Trinajstić information content (AvgIpc) is 3.30. The Kier molecular flexibility index (Phi) is 8.20. The van der Waals surface area contributed by atoms with Crippen molar-refractivity contribution < 1.29 is 24.1 Å². The number of aliphatic hydroxyl groups is 1. The number of benzene rings is 3. The van der Waals surface area contributed by atoms with Gasteiger partial charge in [-0.15, -0.1) is 0 Å². The molecule has 2 bridgehead atoms. The number of aromatic nitrogens is 2. The van der Waals surface area contributed by atoms with Crippen LogP contribution < -0.4 is 20.7 Å². The molecule has 2 fully saturated rings. The minimum Gasteiger partial charge on any atom is -0.497 e. The van der Waals surface area contributed by atoms with Gasteiger partial charge in [0, 0.05) is 17.7 Å². The molecule has 0 unspecified atom stereocenters. The lowest BCUT2D eigenvalue weighted by molar-refractivity contribution is -0.187. The third kappa shape index (κ3) is 5.09. The SMILES string of the molecule is COc1ccc(C(OC[C@]23O[C@@H](n4cc(C)c(=O)[nH]c4=O)[C@H]([C@H](C)C[C@H]2C)[C@@H]3O)(c2ccccc2)c2ccc(OC)cc2)cc1. The number of methoxy groups -OCH3 is 2. The van der Waals surface area contributed by atoms with E-state index in [1.807, 2.05) is 78.9 Å². The second-order valence-electron chi connectivity index (χ2n) is 12.4. The predicted molar refractivity (Wildman–Crippen MR) is 170 cm³/mol. The van der Waals surface area contributed by atoms with Crippen molar-refractivity contribution in [2.45, 2.75) is 50.7 Å². The van der Waals surface area contributed by atoms with Crippen molar-refractivity contribution in [2.24, 2.45) is 17.8 Å². The van der Waals surface area contributed by atoms with Crippen LogP contribution in [0.2, 0.25) is 0 Å². The number of aliphatic hydroxyl groups excluding tert-OH is 1. The normalized spacial score (nSPS) is 26.0. The van der Waals surface area contributed by atoms with E-state index in [0.717, 1.165) is 23.1 Å². The first-order chi connectivity index (χ1) is 21.6. The molecular formula is C36H40N2O7. The molecule has 1 saturated heterocycles. The second-order valence-corrected chi connectivity index (χ2v) is 12.4. The van der Waals surface area contributed by atoms with Crippen molar-refractivity contribution in [3.8, 4) is 11.5 Å². The van der Waals surface area contributed by atoms with E-state index in [1.54, 1.807) is 21.1 Å². The largest absolute Gasteiger partial charge is 0.497 e. The summed E-state index contributed by atoms with van der Waals surface area (Å²) < 4.78 is 26.4. The third-order valence-electron chi connectivity index (χ3n) is 9.86. The summed E-state index contributed by atoms with van der Waals surface area (Å²) in [5.41, 5.74) is -0.250. The molecule has 2 heterocycles. The number of ether oxygens (including phenoxy) is 4. The summed E-state index contributed by atoms with van der Waals surface area (Å²) in [4.78, 5) is 27.6. The molecule has 236 valence electrons. The van der Waals surface area contributed by atoms with Crippen molar-refractivity contribution >= 4 is 0 Å². The Bertz CT molecular complexity index is 1700. The summed E-state index contributed by atoms with van der Waals surface area (Å²) in [7, 11) is 3.26. The van der Waals surface area contributed by atoms with Crippen LogP contribution in [0.5, 0.6) is 11.5 Å². The summed E-state index contributed by atoms with van der Waals surface area (Å²) in [5.74, 6) is 0.984. The number of fused-ring (bicyclic) bond motifs is 2. The van der Waals surface area contributed by atoms with Gasteiger partial charge in [0.2, 0.25) is 0 Å². The molecule has 1 aliphatic carbocycles. The van der Waals surface area contributed by atoms with Gasteiger partial charge in [-0.2, -0.15) is 0 Å². The van der Waals surface area contributed by atoms with Crippen molar-refractivity contribution in [1.82, 2.24) is 9.55 Å². The van der Waals surface area contributed by atoms with E-state index in [1.165, 1.54) is 10.8 Å². The van der Waals surface area contributed by atoms with Crippen LogP contribution >= 0.6 is 0 Å². The van der Waals surface area contributed by atoms with Crippen LogP contribution in [0.1, 0.15) is 48.8 Å². The van der Waals surface area contributed by atoms with Crippen LogP contribution in [0.15, 0.2) is 94.6 Å². The number of nitrogens with one attached hydrogen (secondary N) is 1. The highest BCUT2D eigenvalue weighted by Crippen LogP contribution is 2.56. The summed E-state index contributed by atoms with van der Waals surface area (Å²) in [5, 5.41) is 12.1. The van der Waals surface area contributed by atoms with Gasteiger partial charge in [0.15, 0.2) is 0 Å². The first-order valence-electron chi connectivity index (χ1n) is 15.3. The highest BCUT2D eigenvalue weighted by Gasteiger charge is 2.63. The van der Waals surface area contributed by atoms with Gasteiger partial charge in [-0.1, -0.05) is 68.4 Å². The Morgan fingerprint density at radius 3 is 2.02 bits per heavy atom. The number of H-pyrrole nitrogens is 1. The van der Waals surface area contributed by atoms with E-state index >= 15 is 0 Å². The molecule has 9 nitrogen and oxygen atoms in total. The Labute approximate surface area is 262 Å². The Morgan fingerprint density at radius 2 is 1.47 bits per heavy atom. The maximum absolute atomic E-state index is 13.0. The van der Waals surface area contributed by atoms with E-state index in [0.29, 0.717) is 17.1 Å². The Morgan fingerprint density at radius 1 is 0.911 bits per heavy atom. The molecule has 0 radical (unpaired) electrons. The second kappa shape index (κ2) is 12.0. The van der Waals surface area contributed by atoms with E-state index in [4.69, 9.17) is 18.9 Å². The number of aromatic amines is 1. The van der Waals surface area contributed by atoms with Gasteiger partial charge in [-0.25, -0.2) is 4.79 Å². The average molecular weight is 613 g/mol. The molecule has 45 heavy (non-hydrogen) atoms. The fourth-order valence-corrected chi connectivity index (χ4v) is 7.34. The van der Waals surface area contributed by atoms with E-state index in [2.05, 4.69) is 18.8 Å². The molecule has 1 aliphatic heterocycles. The molecule has 3 aromatic carbocycles. The molecule has 2 aliphatic rings. The number of hydrogen-bond donors (Lipinski definition) is 2. The standard InChI is InChI=1S/C36H40N2O7/c1-22-19-24(3)35(31(39)30(22)33(45-35)38-20-23(2)32(40)37-34(38)41)21-44-36(25-9-7-6-8-10-25,26-11-15-28(42-4)16-12-26)27-13-17-29(43-5)18-14-27/h6-18,20,22,24,30-31,33,39H,19,21H2,1-5H3,(H,37,40,41)/t22-,24-,30-,31+,33-,35+/m1/s1. The van der Waals surface area contributed by atoms with Crippen LogP contribution in [-0.2, 0) is 15.1 Å². The molecule has 6 rings (SSSR count). The molecule has 2 N–H and O–H groups in total. The van der Waals surface area contributed by atoms with Gasteiger partial charge >= 0.3 is 5.69 Å². The quantitative estimate of drug-likeness (QED) is 0.262. The minimum atomic E-state index is -1.13. The topological polar surface area (TPSA) is 112 Å². The summed E-state index contributed by atoms with van der Waals surface area (Å²) in [6.07, 6.45) is 0.580. The van der Waals surface area contributed by atoms with E-state index in [-0.39, 0.29) is 24.4 Å². The lowest BCUT2D eigenvalue weighted by Gasteiger charge is -2.46. The molecule has 4 aromatic rings. The predicted octanol–water partition coefficient (Wildman–Crippen LogP) is 4.79. The smallest absolute Gasteiger partial charge is 0.330 e. The lowest BCUT2D eigenvalue weighted by Crippen LogP contribution is -2.56. The van der Waals surface area contributed by atoms with Crippen LogP contribution in [-0.4, -0.2) is 47.2 Å². The Balaban J connectivity index is 1.49. The fraction of sp³-hybridized carbons (Fsp3) is 0.389. The molecule has 9 heteroatoms. The van der Waals surface area contributed by atoms with Gasteiger partial charge in [0.1, 0.15) is 28.9 Å². The minimum absolute atomic E-state index is 0.0269. The third-order valence-corrected chi connectivity index (χ3v) is 9.86. The number of aryl methyl sites for hydroxylation is 1. The lowest BCUT2D eigenvalue weighted by atomic mass is 9.66. The molecule has 1 aromatic heterocycles. The van der Waals surface area contributed by atoms with Gasteiger partial charge in [-0.05, 0) is 66.1 Å². The molecule has 1 saturated carbocycles. The zero-order valence-electron chi connectivity index (χ0n) is 26.2. The van der Waals surface area contributed by atoms with E-state index < -0.39 is 34.8 Å². The van der Waals surface area contributed by atoms with Crippen molar-refractivity contribution in [3.63, 3.8) is 0 Å². The molecule has 0 spiro atoms. The summed E-state index contributed by atoms with van der Waals surface area (Å²) >= 11 is 0. The fourth-order valence-electron chi connectivity index (χ4n) is 7.34. The van der Waals surface area contributed by atoms with Gasteiger partial charge < -0.3 is 24.1 Å². The van der Waals surface area contributed by atoms with Gasteiger partial charge in [0.05, 0.1) is 26.9 Å². The van der Waals surface area contributed by atoms with Gasteiger partial charge in [0.25, 0.3) is 5.56 Å². The maximum atomic E-state index is 13.0. The Hall–Kier alpha value is -4.18. The maximum Gasteiger partial charge on any atom is 0.330 e. The van der Waals surface area contributed by atoms with Crippen molar-refractivity contribution in [3.05, 3.63) is 128 Å². The number of rotatable bonds is 9. The molecule has 6 atom stereocenters. The first kappa shape index (κ1) is 30.8. The number of nitrogens with zero attached hydrogens (tertiary/aromatic N) is 1.